The van der Waals surface area contributed by atoms with E-state index in [0.29, 0.717) is 0 Å². The van der Waals surface area contributed by atoms with Crippen molar-refractivity contribution in [3.8, 4) is 0 Å². The van der Waals surface area contributed by atoms with E-state index < -0.39 is 118 Å². The van der Waals surface area contributed by atoms with Crippen molar-refractivity contribution >= 4 is 107 Å². The van der Waals surface area contributed by atoms with Crippen molar-refractivity contribution in [1.29, 1.82) is 0 Å². The molecule has 0 saturated carbocycles. The van der Waals surface area contributed by atoms with Crippen LogP contribution in [-0.4, -0.2) is 113 Å². The highest BCUT2D eigenvalue weighted by Crippen LogP contribution is 2.23. The van der Waals surface area contributed by atoms with Gasteiger partial charge in [-0.2, -0.15) is 19.2 Å². The van der Waals surface area contributed by atoms with Crippen LogP contribution in [0.2, 0.25) is 0 Å². The summed E-state index contributed by atoms with van der Waals surface area (Å²) in [6, 6.07) is 26.2. The summed E-state index contributed by atoms with van der Waals surface area (Å²) in [5.74, 6) is -4.31. The fourth-order valence-electron chi connectivity index (χ4n) is 8.28. The molecule has 0 radical (unpaired) electrons. The van der Waals surface area contributed by atoms with Gasteiger partial charge in [-0.25, -0.2) is 58.3 Å². The van der Waals surface area contributed by atoms with E-state index in [2.05, 4.69) is 99.2 Å². The van der Waals surface area contributed by atoms with E-state index in [9.17, 15) is 38.4 Å². The minimum atomic E-state index is -2.25. The van der Waals surface area contributed by atoms with Gasteiger partial charge in [0.1, 0.15) is 31.8 Å². The molecule has 0 spiro atoms. The molecule has 0 atom stereocenters. The van der Waals surface area contributed by atoms with Crippen molar-refractivity contribution in [2.45, 2.75) is 107 Å². The third-order valence-corrected chi connectivity index (χ3v) is 21.5. The lowest BCUT2D eigenvalue weighted by Crippen LogP contribution is -2.44. The Morgan fingerprint density at radius 2 is 0.494 bits per heavy atom. The van der Waals surface area contributed by atoms with Crippen molar-refractivity contribution in [3.63, 3.8) is 0 Å². The molecule has 0 N–H and O–H groups in total. The quantitative estimate of drug-likeness (QED) is 0.0174. The molecule has 20 nitrogen and oxygen atoms in total. The van der Waals surface area contributed by atoms with Crippen molar-refractivity contribution < 1.29 is 96.4 Å². The van der Waals surface area contributed by atoms with Crippen LogP contribution in [-0.2, 0) is 58.0 Å². The van der Waals surface area contributed by atoms with Gasteiger partial charge in [0.25, 0.3) is 0 Å². The summed E-state index contributed by atoms with van der Waals surface area (Å²) in [4.78, 5) is 142. The Balaban J connectivity index is 1.55. The number of carbonyl (C=O) groups excluding carboxylic acids is 8. The maximum absolute atomic E-state index is 13.1. The van der Waals surface area contributed by atoms with E-state index in [-0.39, 0.29) is 22.3 Å². The summed E-state index contributed by atoms with van der Waals surface area (Å²) in [5, 5.41) is 9.61. The highest BCUT2D eigenvalue weighted by Gasteiger charge is 2.40. The van der Waals surface area contributed by atoms with Gasteiger partial charge in [-0.15, -0.1) is 0 Å². The van der Waals surface area contributed by atoms with Crippen molar-refractivity contribution in [3.05, 3.63) is 164 Å². The van der Waals surface area contributed by atoms with Crippen LogP contribution in [0, 0.1) is 5.41 Å². The first-order valence-electron chi connectivity index (χ1n) is 28.3. The third kappa shape index (κ3) is 25.2. The van der Waals surface area contributed by atoms with Crippen molar-refractivity contribution in [2.24, 2.45) is 5.41 Å². The second-order valence-corrected chi connectivity index (χ2v) is 27.8. The first-order valence-corrected chi connectivity index (χ1v) is 33.9. The lowest BCUT2D eigenvalue weighted by Gasteiger charge is -2.30. The van der Waals surface area contributed by atoms with Gasteiger partial charge >= 0.3 is 48.5 Å². The second kappa shape index (κ2) is 37.8. The first-order chi connectivity index (χ1) is 41.0. The zero-order valence-corrected chi connectivity index (χ0v) is 55.2. The molecule has 0 aliphatic carbocycles. The van der Waals surface area contributed by atoms with Gasteiger partial charge in [-0.1, -0.05) is 170 Å². The molecule has 0 unspecified atom stereocenters. The first kappa shape index (κ1) is 69.2. The van der Waals surface area contributed by atoms with Crippen LogP contribution in [0.5, 0.6) is 0 Å². The van der Waals surface area contributed by atoms with Crippen LogP contribution in [0.4, 0.5) is 19.2 Å². The summed E-state index contributed by atoms with van der Waals surface area (Å²) in [6.07, 6.45) is 9.26. The highest BCUT2D eigenvalue weighted by molar-refractivity contribution is 6.62. The van der Waals surface area contributed by atoms with E-state index in [4.69, 9.17) is 38.5 Å². The molecule has 0 heterocycles. The number of allylic oxidation sites excluding steroid dienone is 8. The molecule has 0 amide bonds. The minimum absolute atomic E-state index is 0.0301. The van der Waals surface area contributed by atoms with Gasteiger partial charge in [-0.3, -0.25) is 0 Å². The van der Waals surface area contributed by atoms with Crippen molar-refractivity contribution in [2.75, 3.05) is 26.4 Å². The molecular weight excluding hydrogens is 1160 g/mol. The Labute approximate surface area is 504 Å². The number of benzene rings is 4. The molecule has 0 saturated heterocycles. The average molecular weight is 1240 g/mol. The Morgan fingerprint density at radius 1 is 0.306 bits per heavy atom. The van der Waals surface area contributed by atoms with E-state index in [1.54, 1.807) is 48.5 Å². The predicted octanol–water partition coefficient (Wildman–Crippen LogP) is 7.67. The standard InChI is InChI=1S/C61H76O20Si4/c1-9-17-45(13-5)82-49-29-21-41(22-30-49)53(62)74-78-57(66)70-37-61(38-71-58(67)79-75-54(63)42-23-31-50(32-24-42)83-46(14-6)18-10-2,39-72-59(68)80-76-55(64)43-25-33-51(34-26-43)84-47(15-7)19-11-3)40-73-60(69)81-77-56(65)44-27-35-52(36-28-44)85-48(16-8)20-12-4/h17-36H,9-16,37-40,82-85H2,1-8H3/b45-17+,46-18+,47-19+,48-20+. The molecule has 4 aromatic rings. The van der Waals surface area contributed by atoms with Gasteiger partial charge in [0.2, 0.25) is 0 Å². The number of hydrogen-bond acceptors (Lipinski definition) is 20. The summed E-state index contributed by atoms with van der Waals surface area (Å²) < 4.78 is 20.9. The van der Waals surface area contributed by atoms with E-state index >= 15 is 0 Å². The number of rotatable bonds is 28. The lowest BCUT2D eigenvalue weighted by atomic mass is 9.92. The minimum Gasteiger partial charge on any atom is -0.431 e. The average Bonchev–Trinajstić information content (AvgIpc) is 3.69. The Kier molecular flexibility index (Phi) is 30.7. The van der Waals surface area contributed by atoms with E-state index in [1.807, 2.05) is 0 Å². The number of ether oxygens (including phenoxy) is 4. The predicted molar refractivity (Wildman–Crippen MR) is 327 cm³/mol. The fraction of sp³-hybridized carbons (Fsp3) is 0.344. The van der Waals surface area contributed by atoms with Gasteiger partial charge in [-0.05, 0) is 99.9 Å². The molecule has 456 valence electrons. The third-order valence-electron chi connectivity index (χ3n) is 13.0. The van der Waals surface area contributed by atoms with Crippen LogP contribution in [0.1, 0.15) is 148 Å². The molecule has 4 aromatic carbocycles. The Hall–Kier alpha value is -8.33. The fourth-order valence-corrected chi connectivity index (χ4v) is 15.0. The van der Waals surface area contributed by atoms with Gasteiger partial charge < -0.3 is 18.9 Å². The maximum atomic E-state index is 13.1. The molecule has 0 bridgehead atoms. The largest absolute Gasteiger partial charge is 0.549 e. The van der Waals surface area contributed by atoms with Crippen LogP contribution >= 0.6 is 0 Å². The second-order valence-electron chi connectivity index (χ2n) is 19.5. The smallest absolute Gasteiger partial charge is 0.431 e. The monoisotopic (exact) mass is 1240 g/mol. The lowest BCUT2D eigenvalue weighted by molar-refractivity contribution is -0.223. The van der Waals surface area contributed by atoms with Crippen LogP contribution in [0.25, 0.3) is 0 Å². The molecule has 0 fully saturated rings. The Bertz CT molecular complexity index is 2570. The van der Waals surface area contributed by atoms with E-state index in [0.717, 1.165) is 72.1 Å². The molecule has 4 rings (SSSR count). The SMILES string of the molecule is CC/C=C(\CC)[SiH2]c1ccc(C(=O)OOC(=O)OCC(COC(=O)OOC(=O)c2ccc([SiH2]/C(=C/CC)CC)cc2)(COC(=O)OOC(=O)c2ccc([SiH2]/C(=C/CC)CC)cc2)COC(=O)OOC(=O)c2ccc([SiH2]/C(=C/CC)CC)cc2)cc1. The molecule has 0 aromatic heterocycles. The zero-order chi connectivity index (χ0) is 62.0. The zero-order valence-electron chi connectivity index (χ0n) is 49.5. The van der Waals surface area contributed by atoms with Gasteiger partial charge in [0, 0.05) is 0 Å². The molecule has 24 heteroatoms. The molecule has 0 aliphatic rings. The van der Waals surface area contributed by atoms with E-state index in [1.165, 1.54) is 69.3 Å². The summed E-state index contributed by atoms with van der Waals surface area (Å²) in [6.45, 7) is 12.2. The van der Waals surface area contributed by atoms with Gasteiger partial charge in [0.05, 0.1) is 60.3 Å². The number of carbonyl (C=O) groups is 8. The highest BCUT2D eigenvalue weighted by atomic mass is 28.2. The van der Waals surface area contributed by atoms with Crippen molar-refractivity contribution in [1.82, 2.24) is 0 Å². The van der Waals surface area contributed by atoms with Gasteiger partial charge in [0.15, 0.2) is 0 Å². The summed E-state index contributed by atoms with van der Waals surface area (Å²) in [7, 11) is -3.11. The summed E-state index contributed by atoms with van der Waals surface area (Å²) in [5.41, 5.74) is -2.13. The maximum Gasteiger partial charge on any atom is 0.549 e. The molecule has 0 aliphatic heterocycles. The van der Waals surface area contributed by atoms with Crippen LogP contribution in [0.15, 0.2) is 142 Å². The van der Waals surface area contributed by atoms with Crippen LogP contribution < -0.4 is 20.7 Å². The topological polar surface area (TPSA) is 247 Å². The number of hydrogen-bond donors (Lipinski definition) is 0. The molecular formula is C61H76O20Si4. The van der Waals surface area contributed by atoms with Crippen LogP contribution in [0.3, 0.4) is 0 Å². The summed E-state index contributed by atoms with van der Waals surface area (Å²) >= 11 is 0. The molecule has 85 heavy (non-hydrogen) atoms. The normalized spacial score (nSPS) is 12.9. The Morgan fingerprint density at radius 3 is 0.659 bits per heavy atom.